The molecule has 0 fully saturated rings. The summed E-state index contributed by atoms with van der Waals surface area (Å²) in [4.78, 5) is 11.5. The Morgan fingerprint density at radius 1 is 1.50 bits per heavy atom. The van der Waals surface area contributed by atoms with Crippen LogP contribution < -0.4 is 10.6 Å². The molecule has 1 aromatic carbocycles. The maximum Gasteiger partial charge on any atom is 0.238 e. The molecule has 3 N–H and O–H groups in total. The van der Waals surface area contributed by atoms with Gasteiger partial charge in [0, 0.05) is 0 Å². The lowest BCUT2D eigenvalue weighted by molar-refractivity contribution is -0.115. The molecule has 0 aliphatic heterocycles. The van der Waals surface area contributed by atoms with Crippen molar-refractivity contribution in [3.8, 4) is 5.75 Å². The summed E-state index contributed by atoms with van der Waals surface area (Å²) in [6, 6.07) is 5.11. The molecule has 0 saturated carbocycles. The molecule has 1 rings (SSSR count). The van der Waals surface area contributed by atoms with Gasteiger partial charge in [0.15, 0.2) is 5.75 Å². The molecular weight excluding hydrogens is 272 g/mol. The summed E-state index contributed by atoms with van der Waals surface area (Å²) in [6.45, 7) is 3.09. The van der Waals surface area contributed by atoms with Crippen molar-refractivity contribution in [2.24, 2.45) is 0 Å². The molecule has 16 heavy (non-hydrogen) atoms. The van der Waals surface area contributed by atoms with Gasteiger partial charge in [0.2, 0.25) is 5.91 Å². The Kier molecular flexibility index (Phi) is 5.28. The van der Waals surface area contributed by atoms with E-state index >= 15 is 0 Å². The third kappa shape index (κ3) is 3.83. The summed E-state index contributed by atoms with van der Waals surface area (Å²) < 4.78 is 0.562. The van der Waals surface area contributed by atoms with Crippen LogP contribution in [0.2, 0.25) is 0 Å². The van der Waals surface area contributed by atoms with E-state index in [0.717, 1.165) is 13.0 Å². The molecule has 0 aromatic heterocycles. The molecule has 88 valence electrons. The minimum atomic E-state index is -0.165. The largest absolute Gasteiger partial charge is 0.505 e. The highest BCUT2D eigenvalue weighted by Crippen LogP contribution is 2.31. The van der Waals surface area contributed by atoms with Gasteiger partial charge in [0.05, 0.1) is 16.7 Å². The van der Waals surface area contributed by atoms with Gasteiger partial charge < -0.3 is 15.7 Å². The SMILES string of the molecule is CCCNCC(=O)Nc1cccc(Br)c1O. The van der Waals surface area contributed by atoms with Crippen LogP contribution in [0.25, 0.3) is 0 Å². The molecule has 0 spiro atoms. The van der Waals surface area contributed by atoms with Crippen molar-refractivity contribution < 1.29 is 9.90 Å². The van der Waals surface area contributed by atoms with Crippen LogP contribution in [0.5, 0.6) is 5.75 Å². The molecular formula is C11H15BrN2O2. The summed E-state index contributed by atoms with van der Waals surface area (Å²) >= 11 is 3.18. The summed E-state index contributed by atoms with van der Waals surface area (Å²) in [7, 11) is 0. The highest BCUT2D eigenvalue weighted by Gasteiger charge is 2.07. The van der Waals surface area contributed by atoms with Gasteiger partial charge in [0.25, 0.3) is 0 Å². The van der Waals surface area contributed by atoms with Crippen molar-refractivity contribution in [3.05, 3.63) is 22.7 Å². The second-order valence-electron chi connectivity index (χ2n) is 3.36. The number of anilines is 1. The number of rotatable bonds is 5. The Balaban J connectivity index is 2.53. The Labute approximate surface area is 103 Å². The molecule has 0 aliphatic rings. The third-order valence-electron chi connectivity index (χ3n) is 1.97. The normalized spacial score (nSPS) is 10.1. The number of halogens is 1. The van der Waals surface area contributed by atoms with Crippen LogP contribution in [0, 0.1) is 0 Å². The van der Waals surface area contributed by atoms with Crippen LogP contribution in [0.3, 0.4) is 0 Å². The summed E-state index contributed by atoms with van der Waals surface area (Å²) in [5.41, 5.74) is 0.415. The Morgan fingerprint density at radius 2 is 2.25 bits per heavy atom. The van der Waals surface area contributed by atoms with Gasteiger partial charge in [0.1, 0.15) is 0 Å². The third-order valence-corrected chi connectivity index (χ3v) is 2.61. The average Bonchev–Trinajstić information content (AvgIpc) is 2.25. The number of benzene rings is 1. The first kappa shape index (κ1) is 13.0. The number of carbonyl (C=O) groups excluding carboxylic acids is 1. The van der Waals surface area contributed by atoms with E-state index in [0.29, 0.717) is 10.2 Å². The van der Waals surface area contributed by atoms with E-state index in [2.05, 4.69) is 26.6 Å². The topological polar surface area (TPSA) is 61.4 Å². The van der Waals surface area contributed by atoms with Crippen molar-refractivity contribution >= 4 is 27.5 Å². The smallest absolute Gasteiger partial charge is 0.238 e. The lowest BCUT2D eigenvalue weighted by atomic mass is 10.3. The Hall–Kier alpha value is -1.07. The summed E-state index contributed by atoms with van der Waals surface area (Å²) in [5, 5.41) is 15.2. The van der Waals surface area contributed by atoms with E-state index in [1.54, 1.807) is 18.2 Å². The van der Waals surface area contributed by atoms with Gasteiger partial charge in [-0.15, -0.1) is 0 Å². The zero-order chi connectivity index (χ0) is 12.0. The lowest BCUT2D eigenvalue weighted by Gasteiger charge is -2.08. The average molecular weight is 287 g/mol. The molecule has 0 bridgehead atoms. The fourth-order valence-corrected chi connectivity index (χ4v) is 1.56. The van der Waals surface area contributed by atoms with Crippen LogP contribution in [0.15, 0.2) is 22.7 Å². The fourth-order valence-electron chi connectivity index (χ4n) is 1.19. The van der Waals surface area contributed by atoms with Crippen LogP contribution in [-0.4, -0.2) is 24.1 Å². The number of phenolic OH excluding ortho intramolecular Hbond substituents is 1. The minimum absolute atomic E-state index is 0.0475. The van der Waals surface area contributed by atoms with Gasteiger partial charge in [-0.1, -0.05) is 13.0 Å². The number of hydrogen-bond acceptors (Lipinski definition) is 3. The molecule has 0 radical (unpaired) electrons. The second kappa shape index (κ2) is 6.50. The molecule has 0 aliphatic carbocycles. The van der Waals surface area contributed by atoms with Gasteiger partial charge in [-0.2, -0.15) is 0 Å². The van der Waals surface area contributed by atoms with Gasteiger partial charge in [-0.3, -0.25) is 4.79 Å². The number of hydrogen-bond donors (Lipinski definition) is 3. The zero-order valence-corrected chi connectivity index (χ0v) is 10.7. The number of nitrogens with one attached hydrogen (secondary N) is 2. The second-order valence-corrected chi connectivity index (χ2v) is 4.22. The van der Waals surface area contributed by atoms with Crippen LogP contribution in [0.4, 0.5) is 5.69 Å². The molecule has 1 amide bonds. The van der Waals surface area contributed by atoms with Crippen molar-refractivity contribution in [2.75, 3.05) is 18.4 Å². The number of amides is 1. The number of phenols is 1. The molecule has 5 heteroatoms. The maximum atomic E-state index is 11.5. The van der Waals surface area contributed by atoms with Crippen LogP contribution >= 0.6 is 15.9 Å². The Bertz CT molecular complexity index is 369. The predicted octanol–water partition coefficient (Wildman–Crippen LogP) is 2.09. The van der Waals surface area contributed by atoms with E-state index < -0.39 is 0 Å². The highest BCUT2D eigenvalue weighted by atomic mass is 79.9. The van der Waals surface area contributed by atoms with Gasteiger partial charge in [-0.25, -0.2) is 0 Å². The first-order chi connectivity index (χ1) is 7.65. The summed E-state index contributed by atoms with van der Waals surface area (Å²) in [5.74, 6) is -0.117. The van der Waals surface area contributed by atoms with E-state index in [1.807, 2.05) is 6.92 Å². The van der Waals surface area contributed by atoms with E-state index in [9.17, 15) is 9.90 Å². The quantitative estimate of drug-likeness (QED) is 0.574. The highest BCUT2D eigenvalue weighted by molar-refractivity contribution is 9.10. The lowest BCUT2D eigenvalue weighted by Crippen LogP contribution is -2.28. The van der Waals surface area contributed by atoms with Crippen molar-refractivity contribution in [3.63, 3.8) is 0 Å². The first-order valence-electron chi connectivity index (χ1n) is 5.13. The predicted molar refractivity (Wildman–Crippen MR) is 67.6 cm³/mol. The standard InChI is InChI=1S/C11H15BrN2O2/c1-2-6-13-7-10(15)14-9-5-3-4-8(12)11(9)16/h3-5,13,16H,2,6-7H2,1H3,(H,14,15). The fraction of sp³-hybridized carbons (Fsp3) is 0.364. The first-order valence-corrected chi connectivity index (χ1v) is 5.92. The van der Waals surface area contributed by atoms with Crippen molar-refractivity contribution in [1.29, 1.82) is 0 Å². The van der Waals surface area contributed by atoms with Crippen LogP contribution in [0.1, 0.15) is 13.3 Å². The molecule has 0 unspecified atom stereocenters. The minimum Gasteiger partial charge on any atom is -0.505 e. The molecule has 4 nitrogen and oxygen atoms in total. The number of carbonyl (C=O) groups is 1. The Morgan fingerprint density at radius 3 is 2.94 bits per heavy atom. The zero-order valence-electron chi connectivity index (χ0n) is 9.09. The van der Waals surface area contributed by atoms with Crippen molar-refractivity contribution in [1.82, 2.24) is 5.32 Å². The van der Waals surface area contributed by atoms with Gasteiger partial charge in [-0.05, 0) is 41.0 Å². The summed E-state index contributed by atoms with van der Waals surface area (Å²) in [6.07, 6.45) is 0.982. The molecule has 0 saturated heterocycles. The van der Waals surface area contributed by atoms with Crippen LogP contribution in [-0.2, 0) is 4.79 Å². The maximum absolute atomic E-state index is 11.5. The number of aromatic hydroxyl groups is 1. The molecule has 1 aromatic rings. The van der Waals surface area contributed by atoms with Gasteiger partial charge >= 0.3 is 0 Å². The molecule has 0 heterocycles. The van der Waals surface area contributed by atoms with E-state index in [4.69, 9.17) is 0 Å². The molecule has 0 atom stereocenters. The van der Waals surface area contributed by atoms with Crippen molar-refractivity contribution in [2.45, 2.75) is 13.3 Å². The number of para-hydroxylation sites is 1. The monoisotopic (exact) mass is 286 g/mol. The van der Waals surface area contributed by atoms with E-state index in [1.165, 1.54) is 0 Å². The van der Waals surface area contributed by atoms with E-state index in [-0.39, 0.29) is 18.2 Å².